The zero-order valence-electron chi connectivity index (χ0n) is 15.6. The van der Waals surface area contributed by atoms with Crippen molar-refractivity contribution in [2.75, 3.05) is 21.3 Å². The number of hydrogen-bond acceptors (Lipinski definition) is 4. The second kappa shape index (κ2) is 8.41. The number of hydrogen-bond donors (Lipinski definition) is 0. The number of ketones is 1. The molecule has 0 bridgehead atoms. The topological polar surface area (TPSA) is 44.8 Å². The highest BCUT2D eigenvalue weighted by atomic mass is 16.5. The zero-order valence-corrected chi connectivity index (χ0v) is 15.6. The van der Waals surface area contributed by atoms with Crippen LogP contribution < -0.4 is 14.2 Å². The molecule has 0 aliphatic heterocycles. The van der Waals surface area contributed by atoms with Crippen LogP contribution in [0, 0.1) is 0 Å². The van der Waals surface area contributed by atoms with Crippen LogP contribution >= 0.6 is 0 Å². The molecule has 138 valence electrons. The van der Waals surface area contributed by atoms with E-state index in [-0.39, 0.29) is 5.78 Å². The van der Waals surface area contributed by atoms with Crippen molar-refractivity contribution in [3.05, 3.63) is 89.5 Å². The van der Waals surface area contributed by atoms with E-state index in [0.29, 0.717) is 11.3 Å². The molecule has 0 aliphatic rings. The van der Waals surface area contributed by atoms with Crippen LogP contribution in [-0.2, 0) is 0 Å². The molecule has 4 nitrogen and oxygen atoms in total. The Morgan fingerprint density at radius 2 is 1.15 bits per heavy atom. The Morgan fingerprint density at radius 1 is 0.667 bits per heavy atom. The first-order valence-corrected chi connectivity index (χ1v) is 8.62. The highest BCUT2D eigenvalue weighted by Crippen LogP contribution is 2.31. The number of ether oxygens (including phenoxy) is 3. The van der Waals surface area contributed by atoms with Crippen molar-refractivity contribution < 1.29 is 19.0 Å². The molecule has 3 aromatic rings. The van der Waals surface area contributed by atoms with Crippen LogP contribution in [0.5, 0.6) is 17.2 Å². The minimum atomic E-state index is -0.436. The second-order valence-corrected chi connectivity index (χ2v) is 6.08. The van der Waals surface area contributed by atoms with Crippen molar-refractivity contribution in [3.8, 4) is 17.2 Å². The molecule has 0 fully saturated rings. The average molecular weight is 362 g/mol. The highest BCUT2D eigenvalue weighted by molar-refractivity contribution is 6.03. The lowest BCUT2D eigenvalue weighted by molar-refractivity contribution is 0.0973. The van der Waals surface area contributed by atoms with E-state index < -0.39 is 5.92 Å². The molecule has 0 radical (unpaired) electrons. The number of carbonyl (C=O) groups excluding carboxylic acids is 1. The first-order chi connectivity index (χ1) is 13.2. The van der Waals surface area contributed by atoms with Gasteiger partial charge in [0.2, 0.25) is 0 Å². The Kier molecular flexibility index (Phi) is 5.77. The third-order valence-electron chi connectivity index (χ3n) is 4.51. The van der Waals surface area contributed by atoms with E-state index in [1.165, 1.54) is 0 Å². The Morgan fingerprint density at radius 3 is 1.59 bits per heavy atom. The van der Waals surface area contributed by atoms with E-state index in [1.807, 2.05) is 66.7 Å². The van der Waals surface area contributed by atoms with Crippen molar-refractivity contribution in [2.45, 2.75) is 5.92 Å². The van der Waals surface area contributed by atoms with Gasteiger partial charge in [-0.05, 0) is 47.5 Å². The van der Waals surface area contributed by atoms with Gasteiger partial charge in [-0.2, -0.15) is 0 Å². The van der Waals surface area contributed by atoms with Gasteiger partial charge < -0.3 is 14.2 Å². The monoisotopic (exact) mass is 362 g/mol. The summed E-state index contributed by atoms with van der Waals surface area (Å²) in [5.74, 6) is 1.73. The first-order valence-electron chi connectivity index (χ1n) is 8.62. The van der Waals surface area contributed by atoms with Crippen molar-refractivity contribution >= 4 is 5.78 Å². The molecule has 0 unspecified atom stereocenters. The molecule has 0 saturated carbocycles. The maximum atomic E-state index is 13.4. The van der Waals surface area contributed by atoms with Gasteiger partial charge in [-0.3, -0.25) is 4.79 Å². The predicted octanol–water partition coefficient (Wildman–Crippen LogP) is 4.73. The summed E-state index contributed by atoms with van der Waals surface area (Å²) in [5.41, 5.74) is 2.40. The molecular formula is C23H22O4. The third-order valence-corrected chi connectivity index (χ3v) is 4.51. The standard InChI is InChI=1S/C23H22O4/c1-25-19-11-7-16(8-12-19)22(17-9-13-20(26-2)14-10-17)23(24)18-5-4-6-21(15-18)27-3/h4-15,22H,1-3H3. The minimum Gasteiger partial charge on any atom is -0.497 e. The molecule has 0 amide bonds. The van der Waals surface area contributed by atoms with E-state index >= 15 is 0 Å². The lowest BCUT2D eigenvalue weighted by Crippen LogP contribution is -2.14. The van der Waals surface area contributed by atoms with Crippen LogP contribution in [0.25, 0.3) is 0 Å². The van der Waals surface area contributed by atoms with Gasteiger partial charge in [0.05, 0.1) is 27.2 Å². The lowest BCUT2D eigenvalue weighted by Gasteiger charge is -2.18. The van der Waals surface area contributed by atoms with Crippen LogP contribution in [0.4, 0.5) is 0 Å². The van der Waals surface area contributed by atoms with Crippen LogP contribution in [0.15, 0.2) is 72.8 Å². The SMILES string of the molecule is COc1ccc(C(C(=O)c2cccc(OC)c2)c2ccc(OC)cc2)cc1. The Hall–Kier alpha value is -3.27. The summed E-state index contributed by atoms with van der Waals surface area (Å²) in [6, 6.07) is 22.4. The van der Waals surface area contributed by atoms with Crippen LogP contribution in [0.2, 0.25) is 0 Å². The normalized spacial score (nSPS) is 10.5. The van der Waals surface area contributed by atoms with E-state index in [1.54, 1.807) is 27.4 Å². The van der Waals surface area contributed by atoms with E-state index in [0.717, 1.165) is 22.6 Å². The van der Waals surface area contributed by atoms with Crippen molar-refractivity contribution in [1.82, 2.24) is 0 Å². The maximum Gasteiger partial charge on any atom is 0.174 e. The molecule has 0 aromatic heterocycles. The molecular weight excluding hydrogens is 340 g/mol. The summed E-state index contributed by atoms with van der Waals surface area (Å²) in [7, 11) is 4.84. The number of Topliss-reactive ketones (excluding diaryl/α,β-unsaturated/α-hetero) is 1. The van der Waals surface area contributed by atoms with Crippen LogP contribution in [0.1, 0.15) is 27.4 Å². The van der Waals surface area contributed by atoms with Crippen LogP contribution in [-0.4, -0.2) is 27.1 Å². The largest absolute Gasteiger partial charge is 0.497 e. The van der Waals surface area contributed by atoms with E-state index in [4.69, 9.17) is 14.2 Å². The molecule has 0 N–H and O–H groups in total. The van der Waals surface area contributed by atoms with Crippen LogP contribution in [0.3, 0.4) is 0 Å². The zero-order chi connectivity index (χ0) is 19.2. The molecule has 0 heterocycles. The quantitative estimate of drug-likeness (QED) is 0.570. The van der Waals surface area contributed by atoms with E-state index in [2.05, 4.69) is 0 Å². The van der Waals surface area contributed by atoms with E-state index in [9.17, 15) is 4.79 Å². The Labute approximate surface area is 159 Å². The molecule has 4 heteroatoms. The molecule has 3 aromatic carbocycles. The summed E-state index contributed by atoms with van der Waals surface area (Å²) in [4.78, 5) is 13.4. The van der Waals surface area contributed by atoms with Gasteiger partial charge in [0.15, 0.2) is 5.78 Å². The summed E-state index contributed by atoms with van der Waals surface area (Å²) in [6.45, 7) is 0. The van der Waals surface area contributed by atoms with Gasteiger partial charge in [-0.1, -0.05) is 36.4 Å². The Balaban J connectivity index is 2.05. The number of carbonyl (C=O) groups is 1. The van der Waals surface area contributed by atoms with Gasteiger partial charge >= 0.3 is 0 Å². The number of benzene rings is 3. The molecule has 27 heavy (non-hydrogen) atoms. The van der Waals surface area contributed by atoms with Crippen molar-refractivity contribution in [3.63, 3.8) is 0 Å². The summed E-state index contributed by atoms with van der Waals surface area (Å²) in [6.07, 6.45) is 0. The summed E-state index contributed by atoms with van der Waals surface area (Å²) >= 11 is 0. The van der Waals surface area contributed by atoms with Gasteiger partial charge in [0, 0.05) is 5.56 Å². The second-order valence-electron chi connectivity index (χ2n) is 6.08. The lowest BCUT2D eigenvalue weighted by atomic mass is 9.84. The van der Waals surface area contributed by atoms with Gasteiger partial charge in [0.25, 0.3) is 0 Å². The number of rotatable bonds is 7. The van der Waals surface area contributed by atoms with Gasteiger partial charge in [-0.25, -0.2) is 0 Å². The molecule has 0 aliphatic carbocycles. The first kappa shape index (κ1) is 18.5. The molecule has 0 saturated heterocycles. The van der Waals surface area contributed by atoms with Crippen molar-refractivity contribution in [2.24, 2.45) is 0 Å². The molecule has 3 rings (SSSR count). The molecule has 0 atom stereocenters. The Bertz CT molecular complexity index is 851. The summed E-state index contributed by atoms with van der Waals surface area (Å²) < 4.78 is 15.8. The fraction of sp³-hybridized carbons (Fsp3) is 0.174. The fourth-order valence-corrected chi connectivity index (χ4v) is 3.03. The summed E-state index contributed by atoms with van der Waals surface area (Å²) in [5, 5.41) is 0. The smallest absolute Gasteiger partial charge is 0.174 e. The fourth-order valence-electron chi connectivity index (χ4n) is 3.03. The average Bonchev–Trinajstić information content (AvgIpc) is 2.75. The van der Waals surface area contributed by atoms with Gasteiger partial charge in [-0.15, -0.1) is 0 Å². The molecule has 0 spiro atoms. The minimum absolute atomic E-state index is 0.00392. The van der Waals surface area contributed by atoms with Gasteiger partial charge in [0.1, 0.15) is 17.2 Å². The number of methoxy groups -OCH3 is 3. The van der Waals surface area contributed by atoms with Crippen molar-refractivity contribution in [1.29, 1.82) is 0 Å². The highest BCUT2D eigenvalue weighted by Gasteiger charge is 2.24. The maximum absolute atomic E-state index is 13.4. The third kappa shape index (κ3) is 4.11. The predicted molar refractivity (Wildman–Crippen MR) is 105 cm³/mol.